The third-order valence-corrected chi connectivity index (χ3v) is 5.78. The topological polar surface area (TPSA) is 146 Å². The quantitative estimate of drug-likeness (QED) is 0.216. The molecule has 0 aromatic heterocycles. The first-order valence-corrected chi connectivity index (χ1v) is 12.1. The number of methoxy groups -OCH3 is 3. The molecule has 1 aliphatic heterocycles. The van der Waals surface area contributed by atoms with Crippen molar-refractivity contribution in [3.8, 4) is 23.0 Å². The number of amides is 3. The SMILES string of the molecule is CCOC(=O)C1=C(C)NC(=O)N[C@@H]1c1ccc(OCC(=O)N/N=C\c2cc(Cl)c(OC)c(OC)c2)c(OC)c1. The van der Waals surface area contributed by atoms with E-state index in [1.54, 1.807) is 44.2 Å². The van der Waals surface area contributed by atoms with Gasteiger partial charge >= 0.3 is 12.0 Å². The molecule has 0 bridgehead atoms. The number of urea groups is 1. The van der Waals surface area contributed by atoms with Gasteiger partial charge in [-0.3, -0.25) is 4.79 Å². The summed E-state index contributed by atoms with van der Waals surface area (Å²) < 4.78 is 26.6. The Morgan fingerprint density at radius 2 is 1.82 bits per heavy atom. The van der Waals surface area contributed by atoms with Crippen molar-refractivity contribution in [3.05, 3.63) is 57.8 Å². The summed E-state index contributed by atoms with van der Waals surface area (Å²) in [6, 6.07) is 6.85. The van der Waals surface area contributed by atoms with Gasteiger partial charge in [-0.05, 0) is 49.2 Å². The third-order valence-electron chi connectivity index (χ3n) is 5.50. The number of allylic oxidation sites excluding steroid dienone is 1. The molecule has 12 nitrogen and oxygen atoms in total. The summed E-state index contributed by atoms with van der Waals surface area (Å²) in [7, 11) is 4.39. The van der Waals surface area contributed by atoms with Crippen LogP contribution >= 0.6 is 11.6 Å². The van der Waals surface area contributed by atoms with Crippen LogP contribution in [0, 0.1) is 0 Å². The molecule has 1 atom stereocenters. The van der Waals surface area contributed by atoms with Crippen LogP contribution in [0.4, 0.5) is 4.79 Å². The van der Waals surface area contributed by atoms with E-state index >= 15 is 0 Å². The fraction of sp³-hybridized carbons (Fsp3) is 0.308. The van der Waals surface area contributed by atoms with Crippen molar-refractivity contribution in [2.24, 2.45) is 5.10 Å². The van der Waals surface area contributed by atoms with Gasteiger partial charge in [-0.1, -0.05) is 17.7 Å². The van der Waals surface area contributed by atoms with Gasteiger partial charge in [0.25, 0.3) is 5.91 Å². The van der Waals surface area contributed by atoms with Gasteiger partial charge in [0.2, 0.25) is 0 Å². The Morgan fingerprint density at radius 1 is 1.08 bits per heavy atom. The van der Waals surface area contributed by atoms with Gasteiger partial charge in [0.15, 0.2) is 29.6 Å². The Labute approximate surface area is 230 Å². The smallest absolute Gasteiger partial charge is 0.338 e. The zero-order chi connectivity index (χ0) is 28.5. The number of rotatable bonds is 11. The minimum atomic E-state index is -0.775. The maximum Gasteiger partial charge on any atom is 0.338 e. The monoisotopic (exact) mass is 560 g/mol. The number of esters is 1. The van der Waals surface area contributed by atoms with Crippen molar-refractivity contribution in [3.63, 3.8) is 0 Å². The number of hydrogen-bond donors (Lipinski definition) is 3. The van der Waals surface area contributed by atoms with Gasteiger partial charge in [-0.25, -0.2) is 15.0 Å². The van der Waals surface area contributed by atoms with Crippen LogP contribution in [0.15, 0.2) is 46.7 Å². The maximum atomic E-state index is 12.6. The molecule has 13 heteroatoms. The van der Waals surface area contributed by atoms with E-state index in [9.17, 15) is 14.4 Å². The number of hydrazone groups is 1. The molecule has 2 aromatic rings. The summed E-state index contributed by atoms with van der Waals surface area (Å²) in [4.78, 5) is 36.9. The Morgan fingerprint density at radius 3 is 2.49 bits per heavy atom. The van der Waals surface area contributed by atoms with Crippen LogP contribution in [0.25, 0.3) is 0 Å². The van der Waals surface area contributed by atoms with Crippen LogP contribution in [0.3, 0.4) is 0 Å². The molecule has 0 saturated carbocycles. The minimum absolute atomic E-state index is 0.181. The number of carbonyl (C=O) groups excluding carboxylic acids is 3. The summed E-state index contributed by atoms with van der Waals surface area (Å²) in [5, 5.41) is 9.54. The molecule has 3 amide bonds. The van der Waals surface area contributed by atoms with Crippen LogP contribution in [0.5, 0.6) is 23.0 Å². The second-order valence-electron chi connectivity index (χ2n) is 8.02. The maximum absolute atomic E-state index is 12.6. The summed E-state index contributed by atoms with van der Waals surface area (Å²) in [5.41, 5.74) is 4.14. The molecule has 0 saturated heterocycles. The molecule has 3 N–H and O–H groups in total. The number of hydrogen-bond acceptors (Lipinski definition) is 9. The van der Waals surface area contributed by atoms with E-state index < -0.39 is 23.9 Å². The molecule has 0 radical (unpaired) electrons. The van der Waals surface area contributed by atoms with Crippen LogP contribution in [-0.2, 0) is 14.3 Å². The number of nitrogens with one attached hydrogen (secondary N) is 3. The van der Waals surface area contributed by atoms with E-state index in [4.69, 9.17) is 35.3 Å². The van der Waals surface area contributed by atoms with Gasteiger partial charge in [0, 0.05) is 5.70 Å². The second-order valence-corrected chi connectivity index (χ2v) is 8.43. The van der Waals surface area contributed by atoms with E-state index in [1.807, 2.05) is 0 Å². The molecule has 0 spiro atoms. The lowest BCUT2D eigenvalue weighted by Crippen LogP contribution is -2.45. The lowest BCUT2D eigenvalue weighted by atomic mass is 9.95. The molecule has 208 valence electrons. The van der Waals surface area contributed by atoms with Gasteiger partial charge in [0.1, 0.15) is 0 Å². The molecular formula is C26H29ClN4O8. The molecule has 0 aliphatic carbocycles. The van der Waals surface area contributed by atoms with E-state index in [1.165, 1.54) is 27.5 Å². The fourth-order valence-electron chi connectivity index (χ4n) is 3.77. The van der Waals surface area contributed by atoms with Crippen molar-refractivity contribution < 1.29 is 38.1 Å². The molecular weight excluding hydrogens is 532 g/mol. The molecule has 1 heterocycles. The minimum Gasteiger partial charge on any atom is -0.493 e. The number of nitrogens with zero attached hydrogens (tertiary/aromatic N) is 1. The first-order valence-electron chi connectivity index (χ1n) is 11.7. The average Bonchev–Trinajstić information content (AvgIpc) is 2.91. The third kappa shape index (κ3) is 7.11. The predicted molar refractivity (Wildman–Crippen MR) is 143 cm³/mol. The first kappa shape index (κ1) is 29.1. The van der Waals surface area contributed by atoms with Gasteiger partial charge < -0.3 is 34.3 Å². The number of carbonyl (C=O) groups is 3. The van der Waals surface area contributed by atoms with E-state index in [-0.39, 0.29) is 30.3 Å². The molecule has 3 rings (SSSR count). The Bertz CT molecular complexity index is 1310. The number of ether oxygens (including phenoxy) is 5. The highest BCUT2D eigenvalue weighted by Gasteiger charge is 2.32. The highest BCUT2D eigenvalue weighted by atomic mass is 35.5. The van der Waals surface area contributed by atoms with Crippen LogP contribution < -0.4 is 35.0 Å². The fourth-order valence-corrected chi connectivity index (χ4v) is 4.07. The van der Waals surface area contributed by atoms with Gasteiger partial charge in [-0.15, -0.1) is 0 Å². The van der Waals surface area contributed by atoms with Crippen LogP contribution in [0.2, 0.25) is 5.02 Å². The lowest BCUT2D eigenvalue weighted by Gasteiger charge is -2.28. The highest BCUT2D eigenvalue weighted by molar-refractivity contribution is 6.32. The lowest BCUT2D eigenvalue weighted by molar-refractivity contribution is -0.139. The summed E-state index contributed by atoms with van der Waals surface area (Å²) in [5.74, 6) is 0.278. The zero-order valence-corrected chi connectivity index (χ0v) is 22.8. The second kappa shape index (κ2) is 13.4. The Kier molecular flexibility index (Phi) is 9.98. The average molecular weight is 561 g/mol. The number of halogens is 1. The summed E-state index contributed by atoms with van der Waals surface area (Å²) in [6.45, 7) is 3.13. The van der Waals surface area contributed by atoms with Crippen molar-refractivity contribution in [2.45, 2.75) is 19.9 Å². The van der Waals surface area contributed by atoms with Gasteiger partial charge in [0.05, 0.1) is 50.8 Å². The van der Waals surface area contributed by atoms with Crippen LogP contribution in [0.1, 0.15) is 31.0 Å². The van der Waals surface area contributed by atoms with Crippen molar-refractivity contribution in [1.82, 2.24) is 16.1 Å². The standard InChI is InChI=1S/C26H29ClN4O8/c1-6-38-25(33)22-14(2)29-26(34)30-23(22)16-7-8-18(19(11-16)35-3)39-13-21(32)31-28-12-15-9-17(27)24(37-5)20(10-15)36-4/h7-12,23H,6,13H2,1-5H3,(H,31,32)(H2,29,30,34)/b28-12-/t23-/m1/s1. The van der Waals surface area contributed by atoms with Crippen molar-refractivity contribution in [2.75, 3.05) is 34.5 Å². The van der Waals surface area contributed by atoms with Crippen LogP contribution in [-0.4, -0.2) is 58.7 Å². The molecule has 2 aromatic carbocycles. The normalized spacial score (nSPS) is 14.8. The van der Waals surface area contributed by atoms with E-state index in [2.05, 4.69) is 21.2 Å². The molecule has 0 fully saturated rings. The first-order chi connectivity index (χ1) is 18.7. The predicted octanol–water partition coefficient (Wildman–Crippen LogP) is 3.09. The van der Waals surface area contributed by atoms with Gasteiger partial charge in [-0.2, -0.15) is 5.10 Å². The number of benzene rings is 2. The Hall–Kier alpha value is -4.45. The molecule has 0 unspecified atom stereocenters. The highest BCUT2D eigenvalue weighted by Crippen LogP contribution is 2.36. The zero-order valence-electron chi connectivity index (χ0n) is 22.0. The van der Waals surface area contributed by atoms with Crippen molar-refractivity contribution in [1.29, 1.82) is 0 Å². The molecule has 39 heavy (non-hydrogen) atoms. The summed E-state index contributed by atoms with van der Waals surface area (Å²) in [6.07, 6.45) is 1.39. The largest absolute Gasteiger partial charge is 0.493 e. The molecule has 1 aliphatic rings. The summed E-state index contributed by atoms with van der Waals surface area (Å²) >= 11 is 6.18. The Balaban J connectivity index is 1.68. The van der Waals surface area contributed by atoms with E-state index in [0.717, 1.165) is 0 Å². The van der Waals surface area contributed by atoms with Crippen molar-refractivity contribution >= 4 is 35.7 Å². The van der Waals surface area contributed by atoms with E-state index in [0.29, 0.717) is 33.3 Å².